The Morgan fingerprint density at radius 3 is 2.71 bits per heavy atom. The predicted molar refractivity (Wildman–Crippen MR) is 53.6 cm³/mol. The fraction of sp³-hybridized carbons (Fsp3) is 0.500. The van der Waals surface area contributed by atoms with E-state index in [1.54, 1.807) is 12.1 Å². The van der Waals surface area contributed by atoms with Crippen LogP contribution in [-0.2, 0) is 0 Å². The summed E-state index contributed by atoms with van der Waals surface area (Å²) in [6.45, 7) is 0. The van der Waals surface area contributed by atoms with Crippen molar-refractivity contribution in [3.05, 3.63) is 35.6 Å². The molecule has 2 atom stereocenters. The number of rotatable bonds is 1. The van der Waals surface area contributed by atoms with Gasteiger partial charge in [-0.15, -0.1) is 0 Å². The fourth-order valence-electron chi connectivity index (χ4n) is 2.24. The number of hydrogen-bond acceptors (Lipinski definition) is 1. The molecule has 1 aromatic carbocycles. The van der Waals surface area contributed by atoms with Crippen LogP contribution < -0.4 is 0 Å². The molecule has 0 amide bonds. The molecule has 0 saturated heterocycles. The van der Waals surface area contributed by atoms with Crippen LogP contribution in [0.3, 0.4) is 0 Å². The molecule has 2 heteroatoms. The van der Waals surface area contributed by atoms with Gasteiger partial charge in [0.1, 0.15) is 5.82 Å². The summed E-state index contributed by atoms with van der Waals surface area (Å²) in [6.07, 6.45) is 3.77. The molecular weight excluding hydrogens is 179 g/mol. The fourth-order valence-corrected chi connectivity index (χ4v) is 2.24. The molecule has 0 aromatic heterocycles. The van der Waals surface area contributed by atoms with Crippen molar-refractivity contribution in [1.29, 1.82) is 0 Å². The first-order valence-corrected chi connectivity index (χ1v) is 5.21. The van der Waals surface area contributed by atoms with Gasteiger partial charge in [-0.25, -0.2) is 4.39 Å². The zero-order valence-corrected chi connectivity index (χ0v) is 8.12. The maximum Gasteiger partial charge on any atom is 0.123 e. The third kappa shape index (κ3) is 1.95. The first-order chi connectivity index (χ1) is 6.77. The van der Waals surface area contributed by atoms with Gasteiger partial charge in [0.15, 0.2) is 0 Å². The Hall–Kier alpha value is -0.890. The lowest BCUT2D eigenvalue weighted by Crippen LogP contribution is -2.22. The molecule has 2 rings (SSSR count). The highest BCUT2D eigenvalue weighted by atomic mass is 19.1. The first kappa shape index (κ1) is 9.66. The molecule has 14 heavy (non-hydrogen) atoms. The van der Waals surface area contributed by atoms with Crippen molar-refractivity contribution in [3.8, 4) is 0 Å². The Kier molecular flexibility index (Phi) is 2.82. The Labute approximate surface area is 83.6 Å². The Morgan fingerprint density at radius 1 is 1.21 bits per heavy atom. The normalized spacial score (nSPS) is 27.6. The summed E-state index contributed by atoms with van der Waals surface area (Å²) >= 11 is 0. The van der Waals surface area contributed by atoms with Crippen molar-refractivity contribution in [3.63, 3.8) is 0 Å². The summed E-state index contributed by atoms with van der Waals surface area (Å²) in [5, 5.41) is 9.79. The van der Waals surface area contributed by atoms with Gasteiger partial charge in [-0.05, 0) is 30.5 Å². The monoisotopic (exact) mass is 194 g/mol. The van der Waals surface area contributed by atoms with Gasteiger partial charge in [-0.3, -0.25) is 0 Å². The number of aliphatic hydroxyl groups is 1. The lowest BCUT2D eigenvalue weighted by Gasteiger charge is -2.27. The minimum atomic E-state index is -0.287. The second-order valence-corrected chi connectivity index (χ2v) is 4.01. The summed E-state index contributed by atoms with van der Waals surface area (Å²) in [5.74, 6) is -0.0697. The minimum Gasteiger partial charge on any atom is -0.392 e. The van der Waals surface area contributed by atoms with Gasteiger partial charge >= 0.3 is 0 Å². The van der Waals surface area contributed by atoms with Crippen LogP contribution in [0.25, 0.3) is 0 Å². The maximum atomic E-state index is 13.0. The van der Waals surface area contributed by atoms with Gasteiger partial charge in [-0.1, -0.05) is 25.0 Å². The van der Waals surface area contributed by atoms with E-state index in [4.69, 9.17) is 0 Å². The van der Waals surface area contributed by atoms with Gasteiger partial charge < -0.3 is 5.11 Å². The van der Waals surface area contributed by atoms with E-state index in [-0.39, 0.29) is 17.8 Å². The topological polar surface area (TPSA) is 20.2 Å². The molecule has 1 saturated carbocycles. The van der Waals surface area contributed by atoms with Crippen molar-refractivity contribution >= 4 is 0 Å². The smallest absolute Gasteiger partial charge is 0.123 e. The van der Waals surface area contributed by atoms with Crippen LogP contribution in [0.2, 0.25) is 0 Å². The van der Waals surface area contributed by atoms with Gasteiger partial charge in [0.2, 0.25) is 0 Å². The van der Waals surface area contributed by atoms with Gasteiger partial charge in [0, 0.05) is 5.92 Å². The molecule has 0 radical (unpaired) electrons. The van der Waals surface area contributed by atoms with E-state index in [0.29, 0.717) is 0 Å². The lowest BCUT2D eigenvalue weighted by molar-refractivity contribution is 0.106. The van der Waals surface area contributed by atoms with Gasteiger partial charge in [0.25, 0.3) is 0 Å². The zero-order chi connectivity index (χ0) is 9.97. The number of halogens is 1. The van der Waals surface area contributed by atoms with E-state index >= 15 is 0 Å². The Balaban J connectivity index is 2.20. The second kappa shape index (κ2) is 4.09. The molecule has 1 aliphatic carbocycles. The van der Waals surface area contributed by atoms with Crippen LogP contribution >= 0.6 is 0 Å². The van der Waals surface area contributed by atoms with Crippen LogP contribution in [0.15, 0.2) is 24.3 Å². The van der Waals surface area contributed by atoms with Gasteiger partial charge in [-0.2, -0.15) is 0 Å². The van der Waals surface area contributed by atoms with Crippen LogP contribution in [-0.4, -0.2) is 11.2 Å². The zero-order valence-electron chi connectivity index (χ0n) is 8.12. The third-order valence-electron chi connectivity index (χ3n) is 3.01. The average Bonchev–Trinajstić information content (AvgIpc) is 2.18. The molecule has 1 N–H and O–H groups in total. The van der Waals surface area contributed by atoms with Crippen LogP contribution in [0.1, 0.15) is 37.2 Å². The highest BCUT2D eigenvalue weighted by Crippen LogP contribution is 2.33. The number of hydrogen-bond donors (Lipinski definition) is 1. The predicted octanol–water partition coefficient (Wildman–Crippen LogP) is 2.84. The number of aliphatic hydroxyl groups excluding tert-OH is 1. The Morgan fingerprint density at radius 2 is 2.00 bits per heavy atom. The van der Waals surface area contributed by atoms with Crippen LogP contribution in [0.4, 0.5) is 4.39 Å². The molecule has 0 bridgehead atoms. The first-order valence-electron chi connectivity index (χ1n) is 5.21. The quantitative estimate of drug-likeness (QED) is 0.728. The van der Waals surface area contributed by atoms with Crippen molar-refractivity contribution in [2.45, 2.75) is 37.7 Å². The average molecular weight is 194 g/mol. The second-order valence-electron chi connectivity index (χ2n) is 4.01. The standard InChI is InChI=1S/C12H15FO/c13-10-5-3-4-9(8-10)11-6-1-2-7-12(11)14/h3-5,8,11-12,14H,1-2,6-7H2/t11-,12-/m1/s1. The van der Waals surface area contributed by atoms with Crippen molar-refractivity contribution in [2.75, 3.05) is 0 Å². The molecule has 1 nitrogen and oxygen atoms in total. The molecule has 1 aliphatic rings. The van der Waals surface area contributed by atoms with E-state index in [9.17, 15) is 9.50 Å². The maximum absolute atomic E-state index is 13.0. The Bertz CT molecular complexity index is 311. The summed E-state index contributed by atoms with van der Waals surface area (Å²) < 4.78 is 13.0. The van der Waals surface area contributed by atoms with Crippen LogP contribution in [0, 0.1) is 5.82 Å². The van der Waals surface area contributed by atoms with E-state index in [1.807, 2.05) is 6.07 Å². The van der Waals surface area contributed by atoms with E-state index in [1.165, 1.54) is 6.07 Å². The summed E-state index contributed by atoms with van der Waals surface area (Å²) in [4.78, 5) is 0. The highest BCUT2D eigenvalue weighted by molar-refractivity contribution is 5.22. The van der Waals surface area contributed by atoms with Crippen LogP contribution in [0.5, 0.6) is 0 Å². The summed E-state index contributed by atoms with van der Waals surface area (Å²) in [5.41, 5.74) is 0.942. The molecule has 0 heterocycles. The summed E-state index contributed by atoms with van der Waals surface area (Å²) in [6, 6.07) is 6.60. The van der Waals surface area contributed by atoms with E-state index in [2.05, 4.69) is 0 Å². The molecule has 1 aromatic rings. The molecular formula is C12H15FO. The van der Waals surface area contributed by atoms with E-state index < -0.39 is 0 Å². The largest absolute Gasteiger partial charge is 0.392 e. The van der Waals surface area contributed by atoms with E-state index in [0.717, 1.165) is 31.2 Å². The molecule has 1 fully saturated rings. The van der Waals surface area contributed by atoms with Crippen molar-refractivity contribution < 1.29 is 9.50 Å². The SMILES string of the molecule is O[C@@H]1CCCC[C@@H]1c1cccc(F)c1. The highest BCUT2D eigenvalue weighted by Gasteiger charge is 2.24. The lowest BCUT2D eigenvalue weighted by atomic mass is 9.82. The summed E-state index contributed by atoms with van der Waals surface area (Å²) in [7, 11) is 0. The molecule has 0 spiro atoms. The minimum absolute atomic E-state index is 0.138. The van der Waals surface area contributed by atoms with Gasteiger partial charge in [0.05, 0.1) is 6.10 Å². The molecule has 0 aliphatic heterocycles. The van der Waals surface area contributed by atoms with Crippen molar-refractivity contribution in [2.24, 2.45) is 0 Å². The van der Waals surface area contributed by atoms with Crippen molar-refractivity contribution in [1.82, 2.24) is 0 Å². The third-order valence-corrected chi connectivity index (χ3v) is 3.01. The number of benzene rings is 1. The molecule has 76 valence electrons. The molecule has 0 unspecified atom stereocenters.